The van der Waals surface area contributed by atoms with Crippen molar-refractivity contribution in [1.82, 2.24) is 19.9 Å². The molecule has 0 spiro atoms. The molecule has 0 bridgehead atoms. The normalized spacial score (nSPS) is 10.3. The number of nitrogens with one attached hydrogen (secondary N) is 3. The van der Waals surface area contributed by atoms with Crippen LogP contribution in [0, 0.1) is 46.8 Å². The highest BCUT2D eigenvalue weighted by Gasteiger charge is 2.19. The van der Waals surface area contributed by atoms with E-state index in [1.165, 1.54) is 86.6 Å². The van der Waals surface area contributed by atoms with Gasteiger partial charge in [0.15, 0.2) is 34.9 Å². The minimum atomic E-state index is -1.30. The highest BCUT2D eigenvalue weighted by Crippen LogP contribution is 2.22. The molecular weight excluding hydrogens is 881 g/mol. The summed E-state index contributed by atoms with van der Waals surface area (Å²) in [6, 6.07) is 18.8. The van der Waals surface area contributed by atoms with Crippen molar-refractivity contribution >= 4 is 40.7 Å². The summed E-state index contributed by atoms with van der Waals surface area (Å²) in [6.45, 7) is 15.9. The van der Waals surface area contributed by atoms with E-state index in [-0.39, 0.29) is 33.7 Å². The molecule has 0 saturated carbocycles. The van der Waals surface area contributed by atoms with Gasteiger partial charge in [-0.25, -0.2) is 46.1 Å². The van der Waals surface area contributed by atoms with Crippen LogP contribution in [-0.2, 0) is 0 Å². The van der Waals surface area contributed by atoms with Crippen LogP contribution in [0.4, 0.5) is 58.0 Å². The van der Waals surface area contributed by atoms with Crippen LogP contribution in [0.5, 0.6) is 0 Å². The number of carbonyl (C=O) groups is 3. The zero-order valence-electron chi connectivity index (χ0n) is 36.6. The number of hydrogen-bond acceptors (Lipinski definition) is 9. The molecule has 12 nitrogen and oxygen atoms in total. The molecule has 0 unspecified atom stereocenters. The summed E-state index contributed by atoms with van der Waals surface area (Å²) in [5, 5.41) is 15.8. The number of hydrogen-bond donors (Lipinski definition) is 5. The molecule has 6 aromatic rings. The molecule has 6 N–H and O–H groups in total. The smallest absolute Gasteiger partial charge is 0.340 e. The molecule has 352 valence electrons. The average Bonchev–Trinajstić information content (AvgIpc) is 3.27. The van der Waals surface area contributed by atoms with Crippen molar-refractivity contribution in [2.75, 3.05) is 41.3 Å². The van der Waals surface area contributed by atoms with Crippen LogP contribution in [0.2, 0.25) is 0 Å². The number of pyridine rings is 3. The maximum Gasteiger partial charge on any atom is 0.340 e. The van der Waals surface area contributed by atoms with Gasteiger partial charge in [0.1, 0.15) is 11.4 Å². The Labute approximate surface area is 375 Å². The average molecular weight is 929 g/mol. The van der Waals surface area contributed by atoms with Crippen molar-refractivity contribution in [1.29, 1.82) is 0 Å². The SMILES string of the molecule is CC(C)(C)Nc1ncccc1C(=O)Nc1cccc(F)c1F.CCN(CC)CC.Nc1cccc(F)c1F.O=C(Nc1cccc(F)c1F)c1cccnc1F.O=C(O)c1cccnc1F. The van der Waals surface area contributed by atoms with Gasteiger partial charge in [0.2, 0.25) is 11.9 Å². The molecule has 3 aromatic carbocycles. The summed E-state index contributed by atoms with van der Waals surface area (Å²) in [5.74, 6) is -10.6. The van der Waals surface area contributed by atoms with Crippen molar-refractivity contribution in [2.45, 2.75) is 47.1 Å². The Kier molecular flexibility index (Phi) is 22.3. The molecule has 0 atom stereocenters. The van der Waals surface area contributed by atoms with E-state index in [4.69, 9.17) is 10.8 Å². The van der Waals surface area contributed by atoms with Gasteiger partial charge in [-0.05, 0) is 113 Å². The number of carboxylic acids is 1. The van der Waals surface area contributed by atoms with Crippen LogP contribution in [0.25, 0.3) is 0 Å². The Morgan fingerprint density at radius 2 is 0.955 bits per heavy atom. The van der Waals surface area contributed by atoms with Gasteiger partial charge in [-0.15, -0.1) is 0 Å². The first kappa shape index (κ1) is 54.7. The number of nitrogens with two attached hydrogens (primary N) is 1. The van der Waals surface area contributed by atoms with Gasteiger partial charge in [-0.3, -0.25) is 9.59 Å². The molecule has 0 radical (unpaired) electrons. The predicted octanol–water partition coefficient (Wildman–Crippen LogP) is 10.4. The standard InChI is InChI=1S/C16H17F2N3O.C12H7F3N2O.C6H5F2N.C6H4FNO2.C6H15N/c1-16(2,3)21-14-10(6-5-9-19-14)15(22)20-12-8-4-7-11(17)13(12)18;13-8-4-1-5-9(10(8)14)17-12(18)7-3-2-6-16-11(7)15;7-4-2-1-3-5(9)6(4)8;7-5-4(6(9)10)2-1-3-8-5;1-4-7(5-2)6-3/h4-9H,1-3H3,(H,19,21)(H,20,22);1-6H,(H,17,18);1-3H,9H2;1-3H,(H,9,10);4-6H2,1-3H3. The van der Waals surface area contributed by atoms with Crippen LogP contribution in [0.1, 0.15) is 72.6 Å². The first-order chi connectivity index (χ1) is 31.1. The maximum atomic E-state index is 13.6. The first-order valence-corrected chi connectivity index (χ1v) is 19.8. The Bertz CT molecular complexity index is 2500. The van der Waals surface area contributed by atoms with E-state index < -0.39 is 70.1 Å². The number of halogens is 8. The second kappa shape index (κ2) is 27.0. The number of aromatic carboxylic acids is 1. The van der Waals surface area contributed by atoms with E-state index in [9.17, 15) is 49.5 Å². The van der Waals surface area contributed by atoms with Gasteiger partial charge in [0, 0.05) is 24.1 Å². The fourth-order valence-corrected chi connectivity index (χ4v) is 4.92. The van der Waals surface area contributed by atoms with Crippen LogP contribution < -0.4 is 21.7 Å². The second-order valence-electron chi connectivity index (χ2n) is 14.1. The number of aromatic nitrogens is 3. The number of amides is 2. The Balaban J connectivity index is 0.000000303. The van der Waals surface area contributed by atoms with Gasteiger partial charge in [-0.2, -0.15) is 8.78 Å². The minimum absolute atomic E-state index is 0.157. The van der Waals surface area contributed by atoms with Crippen molar-refractivity contribution in [3.8, 4) is 0 Å². The molecule has 0 aliphatic rings. The maximum absolute atomic E-state index is 13.6. The lowest BCUT2D eigenvalue weighted by Gasteiger charge is -2.22. The molecule has 0 saturated heterocycles. The zero-order chi connectivity index (χ0) is 49.6. The van der Waals surface area contributed by atoms with E-state index in [2.05, 4.69) is 56.6 Å². The summed E-state index contributed by atoms with van der Waals surface area (Å²) < 4.78 is 103. The van der Waals surface area contributed by atoms with E-state index >= 15 is 0 Å². The molecule has 0 aliphatic carbocycles. The largest absolute Gasteiger partial charge is 0.478 e. The predicted molar refractivity (Wildman–Crippen MR) is 236 cm³/mol. The zero-order valence-corrected chi connectivity index (χ0v) is 36.6. The number of anilines is 4. The van der Waals surface area contributed by atoms with E-state index in [1.807, 2.05) is 20.8 Å². The molecule has 0 aliphatic heterocycles. The first-order valence-electron chi connectivity index (χ1n) is 19.8. The molecule has 0 fully saturated rings. The highest BCUT2D eigenvalue weighted by atomic mass is 19.2. The lowest BCUT2D eigenvalue weighted by atomic mass is 10.1. The number of nitrogen functional groups attached to an aromatic ring is 1. The number of nitrogens with zero attached hydrogens (tertiary/aromatic N) is 4. The minimum Gasteiger partial charge on any atom is -0.478 e. The third-order valence-electron chi connectivity index (χ3n) is 8.26. The molecule has 3 aromatic heterocycles. The van der Waals surface area contributed by atoms with Gasteiger partial charge in [0.05, 0.1) is 28.2 Å². The third kappa shape index (κ3) is 17.9. The van der Waals surface area contributed by atoms with Crippen LogP contribution in [-0.4, -0.2) is 67.9 Å². The van der Waals surface area contributed by atoms with Crippen molar-refractivity contribution in [3.05, 3.63) is 173 Å². The molecule has 66 heavy (non-hydrogen) atoms. The Morgan fingerprint density at radius 3 is 1.32 bits per heavy atom. The van der Waals surface area contributed by atoms with Gasteiger partial charge in [-0.1, -0.05) is 39.0 Å². The fourth-order valence-electron chi connectivity index (χ4n) is 4.92. The topological polar surface area (TPSA) is 175 Å². The molecule has 2 amide bonds. The lowest BCUT2D eigenvalue weighted by Crippen LogP contribution is -2.28. The Morgan fingerprint density at radius 1 is 0.561 bits per heavy atom. The van der Waals surface area contributed by atoms with E-state index in [0.717, 1.165) is 24.3 Å². The number of rotatable bonds is 9. The number of carboxylic acid groups (broad SMARTS) is 1. The molecule has 6 rings (SSSR count). The molecule has 20 heteroatoms. The summed E-state index contributed by atoms with van der Waals surface area (Å²) in [5.41, 5.74) is 3.48. The second-order valence-corrected chi connectivity index (χ2v) is 14.1. The van der Waals surface area contributed by atoms with Gasteiger partial charge >= 0.3 is 5.97 Å². The summed E-state index contributed by atoms with van der Waals surface area (Å²) in [7, 11) is 0. The van der Waals surface area contributed by atoms with Gasteiger partial charge < -0.3 is 31.7 Å². The summed E-state index contributed by atoms with van der Waals surface area (Å²) >= 11 is 0. The lowest BCUT2D eigenvalue weighted by molar-refractivity contribution is 0.0690. The number of carbonyl (C=O) groups excluding carboxylic acids is 2. The van der Waals surface area contributed by atoms with Crippen molar-refractivity contribution in [2.24, 2.45) is 0 Å². The quantitative estimate of drug-likeness (QED) is 0.0533. The summed E-state index contributed by atoms with van der Waals surface area (Å²) in [6.07, 6.45) is 3.92. The third-order valence-corrected chi connectivity index (χ3v) is 8.26. The number of benzene rings is 3. The van der Waals surface area contributed by atoms with Crippen molar-refractivity contribution in [3.63, 3.8) is 0 Å². The van der Waals surface area contributed by atoms with Gasteiger partial charge in [0.25, 0.3) is 11.8 Å². The monoisotopic (exact) mass is 928 g/mol. The van der Waals surface area contributed by atoms with Crippen molar-refractivity contribution < 1.29 is 54.6 Å². The van der Waals surface area contributed by atoms with E-state index in [0.29, 0.717) is 5.82 Å². The Hall–Kier alpha value is -7.48. The van der Waals surface area contributed by atoms with Crippen LogP contribution in [0.15, 0.2) is 110 Å². The molecular formula is C46H48F8N8O4. The summed E-state index contributed by atoms with van der Waals surface area (Å²) in [4.78, 5) is 47.0. The molecule has 3 heterocycles. The highest BCUT2D eigenvalue weighted by molar-refractivity contribution is 6.07. The van der Waals surface area contributed by atoms with E-state index in [1.54, 1.807) is 18.3 Å². The van der Waals surface area contributed by atoms with Crippen LogP contribution >= 0.6 is 0 Å². The van der Waals surface area contributed by atoms with Crippen LogP contribution in [0.3, 0.4) is 0 Å². The fraction of sp³-hybridized carbons (Fsp3) is 0.217.